The fraction of sp³-hybridized carbons (Fsp3) is 0.172. The minimum absolute atomic E-state index is 0.0732. The van der Waals surface area contributed by atoms with E-state index in [1.54, 1.807) is 30.5 Å². The Morgan fingerprint density at radius 1 is 1.00 bits per heavy atom. The lowest BCUT2D eigenvalue weighted by atomic mass is 10.0. The molecule has 1 N–H and O–H groups in total. The summed E-state index contributed by atoms with van der Waals surface area (Å²) >= 11 is 0. The molecule has 190 valence electrons. The van der Waals surface area contributed by atoms with Crippen LogP contribution in [0.5, 0.6) is 0 Å². The van der Waals surface area contributed by atoms with Gasteiger partial charge in [0.15, 0.2) is 5.65 Å². The van der Waals surface area contributed by atoms with Crippen molar-refractivity contribution in [3.8, 4) is 11.3 Å². The molecule has 0 saturated heterocycles. The van der Waals surface area contributed by atoms with Gasteiger partial charge in [-0.1, -0.05) is 48.0 Å². The van der Waals surface area contributed by atoms with Crippen molar-refractivity contribution in [2.24, 2.45) is 0 Å². The number of hydrogen-bond donors (Lipinski definition) is 1. The zero-order valence-electron chi connectivity index (χ0n) is 21.3. The van der Waals surface area contributed by atoms with Crippen LogP contribution in [0, 0.1) is 13.5 Å². The Kier molecular flexibility index (Phi) is 6.66. The largest absolute Gasteiger partial charge is 0.352 e. The van der Waals surface area contributed by atoms with E-state index < -0.39 is 10.0 Å². The third-order valence-corrected chi connectivity index (χ3v) is 7.72. The maximum absolute atomic E-state index is 13.8. The van der Waals surface area contributed by atoms with Crippen molar-refractivity contribution in [1.29, 1.82) is 0 Å². The van der Waals surface area contributed by atoms with Crippen molar-refractivity contribution in [2.45, 2.75) is 38.1 Å². The summed E-state index contributed by atoms with van der Waals surface area (Å²) in [6.45, 7) is 13.5. The van der Waals surface area contributed by atoms with E-state index in [-0.39, 0.29) is 22.3 Å². The molecule has 3 aromatic heterocycles. The first-order valence-electron chi connectivity index (χ1n) is 12.1. The van der Waals surface area contributed by atoms with Gasteiger partial charge in [0.2, 0.25) is 11.6 Å². The maximum Gasteiger partial charge on any atom is 0.269 e. The predicted octanol–water partition coefficient (Wildman–Crippen LogP) is 6.00. The van der Waals surface area contributed by atoms with E-state index >= 15 is 0 Å². The van der Waals surface area contributed by atoms with Crippen LogP contribution in [-0.4, -0.2) is 33.4 Å². The maximum atomic E-state index is 13.8. The number of aryl methyl sites for hydroxylation is 1. The van der Waals surface area contributed by atoms with Gasteiger partial charge in [-0.15, -0.1) is 0 Å². The summed E-state index contributed by atoms with van der Waals surface area (Å²) in [5.41, 5.74) is 4.31. The first kappa shape index (κ1) is 25.1. The topological polar surface area (TPSA) is 94.1 Å². The fourth-order valence-electron chi connectivity index (χ4n) is 4.23. The lowest BCUT2D eigenvalue weighted by Crippen LogP contribution is -2.13. The second-order valence-electron chi connectivity index (χ2n) is 9.37. The average molecular weight is 523 g/mol. The van der Waals surface area contributed by atoms with E-state index in [1.807, 2.05) is 57.2 Å². The van der Waals surface area contributed by atoms with Gasteiger partial charge in [-0.3, -0.25) is 0 Å². The Balaban J connectivity index is 1.75. The zero-order chi connectivity index (χ0) is 26.9. The number of hydrogen-bond acceptors (Lipinski definition) is 6. The highest BCUT2D eigenvalue weighted by molar-refractivity contribution is 7.90. The van der Waals surface area contributed by atoms with E-state index in [2.05, 4.69) is 25.1 Å². The lowest BCUT2D eigenvalue weighted by molar-refractivity contribution is 0.588. The number of nitrogens with one attached hydrogen (secondary N) is 1. The van der Waals surface area contributed by atoms with Crippen molar-refractivity contribution >= 4 is 32.7 Å². The Bertz CT molecular complexity index is 1770. The van der Waals surface area contributed by atoms with Crippen LogP contribution >= 0.6 is 0 Å². The summed E-state index contributed by atoms with van der Waals surface area (Å²) in [7, 11) is -3.97. The van der Waals surface area contributed by atoms with Gasteiger partial charge in [0.25, 0.3) is 10.0 Å². The molecule has 0 bridgehead atoms. The second kappa shape index (κ2) is 10.1. The molecule has 5 rings (SSSR count). The molecule has 2 aromatic carbocycles. The molecule has 38 heavy (non-hydrogen) atoms. The number of anilines is 1. The Morgan fingerprint density at radius 3 is 2.42 bits per heavy atom. The minimum Gasteiger partial charge on any atom is -0.352 e. The van der Waals surface area contributed by atoms with Gasteiger partial charge in [0.1, 0.15) is 0 Å². The molecule has 0 aliphatic carbocycles. The monoisotopic (exact) mass is 522 g/mol. The molecular formula is C29H26N6O2S. The molecule has 0 unspecified atom stereocenters. The third kappa shape index (κ3) is 4.86. The summed E-state index contributed by atoms with van der Waals surface area (Å²) in [4.78, 5) is 17.3. The fourth-order valence-corrected chi connectivity index (χ4v) is 5.55. The molecule has 3 heterocycles. The summed E-state index contributed by atoms with van der Waals surface area (Å²) in [6, 6.07) is 18.7. The quantitative estimate of drug-likeness (QED) is 0.264. The summed E-state index contributed by atoms with van der Waals surface area (Å²) in [6.07, 6.45) is 5.29. The van der Waals surface area contributed by atoms with Crippen LogP contribution in [0.1, 0.15) is 30.5 Å². The van der Waals surface area contributed by atoms with Gasteiger partial charge >= 0.3 is 0 Å². The van der Waals surface area contributed by atoms with Crippen molar-refractivity contribution in [3.63, 3.8) is 0 Å². The summed E-state index contributed by atoms with van der Waals surface area (Å²) < 4.78 is 28.7. The van der Waals surface area contributed by atoms with Crippen LogP contribution < -0.4 is 5.32 Å². The molecule has 9 heteroatoms. The van der Waals surface area contributed by atoms with Gasteiger partial charge in [-0.25, -0.2) is 32.2 Å². The normalized spacial score (nSPS) is 11.6. The highest BCUT2D eigenvalue weighted by Gasteiger charge is 2.25. The number of rotatable bonds is 7. The van der Waals surface area contributed by atoms with Crippen molar-refractivity contribution < 1.29 is 8.42 Å². The highest BCUT2D eigenvalue weighted by atomic mass is 32.2. The molecule has 0 aliphatic rings. The van der Waals surface area contributed by atoms with Crippen LogP contribution in [0.25, 0.3) is 27.1 Å². The number of benzene rings is 2. The zero-order valence-corrected chi connectivity index (χ0v) is 22.1. The van der Waals surface area contributed by atoms with Gasteiger partial charge in [-0.2, -0.15) is 0 Å². The van der Waals surface area contributed by atoms with Crippen LogP contribution in [0.3, 0.4) is 0 Å². The number of pyridine rings is 1. The van der Waals surface area contributed by atoms with Crippen LogP contribution in [-0.2, 0) is 16.4 Å². The molecule has 8 nitrogen and oxygen atoms in total. The second-order valence-corrected chi connectivity index (χ2v) is 11.2. The number of nitrogens with zero attached hydrogens (tertiary/aromatic N) is 5. The van der Waals surface area contributed by atoms with Gasteiger partial charge in [0.05, 0.1) is 17.2 Å². The van der Waals surface area contributed by atoms with Crippen LogP contribution in [0.15, 0.2) is 84.1 Å². The molecule has 0 radical (unpaired) electrons. The Labute approximate surface area is 221 Å². The summed E-state index contributed by atoms with van der Waals surface area (Å²) in [5.74, 6) is 0.359. The van der Waals surface area contributed by atoms with E-state index in [9.17, 15) is 8.42 Å². The highest BCUT2D eigenvalue weighted by Crippen LogP contribution is 2.37. The minimum atomic E-state index is -3.97. The van der Waals surface area contributed by atoms with Gasteiger partial charge < -0.3 is 5.32 Å². The number of aromatic nitrogens is 4. The van der Waals surface area contributed by atoms with E-state index in [0.717, 1.165) is 16.7 Å². The van der Waals surface area contributed by atoms with E-state index in [1.165, 1.54) is 16.4 Å². The molecule has 0 saturated carbocycles. The molecular weight excluding hydrogens is 496 g/mol. The lowest BCUT2D eigenvalue weighted by Gasteiger charge is -2.10. The molecule has 0 amide bonds. The van der Waals surface area contributed by atoms with Crippen molar-refractivity contribution in [2.75, 3.05) is 5.32 Å². The molecule has 0 fully saturated rings. The predicted molar refractivity (Wildman–Crippen MR) is 149 cm³/mol. The standard InChI is InChI=1S/C29H26N6O2S/c1-19(2)33-29-32-17-26(30-4)27(34-29)25-18-35(38(36,37)23-12-10-20(3)11-13-23)28-24(25)15-22(16-31-28)14-21-8-6-5-7-9-21/h5-13,15-19H,14H2,1-3H3,(H,32,33,34). The van der Waals surface area contributed by atoms with Crippen LogP contribution in [0.4, 0.5) is 11.6 Å². The summed E-state index contributed by atoms with van der Waals surface area (Å²) in [5, 5.41) is 3.75. The Morgan fingerprint density at radius 2 is 1.74 bits per heavy atom. The van der Waals surface area contributed by atoms with Gasteiger partial charge in [0, 0.05) is 35.6 Å². The first-order chi connectivity index (χ1) is 18.3. The molecule has 0 aliphatic heterocycles. The van der Waals surface area contributed by atoms with Crippen molar-refractivity contribution in [1.82, 2.24) is 18.9 Å². The van der Waals surface area contributed by atoms with E-state index in [4.69, 9.17) is 6.57 Å². The smallest absolute Gasteiger partial charge is 0.269 e. The SMILES string of the molecule is [C-]#[N+]c1cnc(NC(C)C)nc1-c1cn(S(=O)(=O)c2ccc(C)cc2)c2ncc(Cc3ccccc3)cc12. The van der Waals surface area contributed by atoms with Crippen LogP contribution in [0.2, 0.25) is 0 Å². The van der Waals surface area contributed by atoms with Gasteiger partial charge in [-0.05, 0) is 56.5 Å². The Hall–Kier alpha value is -4.55. The molecule has 0 atom stereocenters. The first-order valence-corrected chi connectivity index (χ1v) is 13.6. The van der Waals surface area contributed by atoms with E-state index in [0.29, 0.717) is 29.0 Å². The molecule has 0 spiro atoms. The number of fused-ring (bicyclic) bond motifs is 1. The average Bonchev–Trinajstić information content (AvgIpc) is 3.29. The third-order valence-electron chi connectivity index (χ3n) is 6.06. The van der Waals surface area contributed by atoms with Crippen molar-refractivity contribution in [3.05, 3.63) is 107 Å². The molecule has 5 aromatic rings.